The van der Waals surface area contributed by atoms with Gasteiger partial charge < -0.3 is 10.6 Å². The number of nitrogens with one attached hydrogen (secondary N) is 1. The molecule has 0 amide bonds. The molecular formula is C19H20FN5. The fourth-order valence-electron chi connectivity index (χ4n) is 3.03. The van der Waals surface area contributed by atoms with Gasteiger partial charge in [-0.2, -0.15) is 5.10 Å². The Morgan fingerprint density at radius 2 is 1.92 bits per heavy atom. The molecule has 5 nitrogen and oxygen atoms in total. The first-order valence-corrected chi connectivity index (χ1v) is 8.44. The SMILES string of the molecule is C[C@@H](c1ccc(F)cc1)N(c1cc(C2CC2)[nH]n1)c1cccc(N)n1. The van der Waals surface area contributed by atoms with Crippen molar-refractivity contribution in [3.05, 3.63) is 65.6 Å². The van der Waals surface area contributed by atoms with E-state index in [1.165, 1.54) is 25.0 Å². The van der Waals surface area contributed by atoms with Crippen LogP contribution in [0.2, 0.25) is 0 Å². The van der Waals surface area contributed by atoms with E-state index in [0.717, 1.165) is 17.1 Å². The number of hydrogen-bond donors (Lipinski definition) is 2. The van der Waals surface area contributed by atoms with Gasteiger partial charge in [-0.1, -0.05) is 18.2 Å². The number of H-pyrrole nitrogens is 1. The topological polar surface area (TPSA) is 70.8 Å². The standard InChI is InChI=1S/C19H20FN5/c1-12(13-7-9-15(20)10-8-13)25(18-4-2-3-17(21)22-18)19-11-16(23-24-19)14-5-6-14/h2-4,7-12,14H,5-6H2,1H3,(H2,21,22)(H,23,24)/t12-/m0/s1. The number of anilines is 3. The molecule has 0 radical (unpaired) electrons. The van der Waals surface area contributed by atoms with Gasteiger partial charge in [0.25, 0.3) is 0 Å². The molecule has 0 spiro atoms. The number of halogens is 1. The van der Waals surface area contributed by atoms with E-state index in [4.69, 9.17) is 5.73 Å². The summed E-state index contributed by atoms with van der Waals surface area (Å²) in [7, 11) is 0. The second kappa shape index (κ2) is 6.20. The van der Waals surface area contributed by atoms with E-state index in [1.807, 2.05) is 24.0 Å². The van der Waals surface area contributed by atoms with Crippen LogP contribution in [0.3, 0.4) is 0 Å². The molecule has 0 unspecified atom stereocenters. The molecule has 25 heavy (non-hydrogen) atoms. The van der Waals surface area contributed by atoms with Crippen molar-refractivity contribution in [1.82, 2.24) is 15.2 Å². The zero-order valence-electron chi connectivity index (χ0n) is 14.0. The molecule has 3 N–H and O–H groups in total. The summed E-state index contributed by atoms with van der Waals surface area (Å²) in [6.07, 6.45) is 2.40. The Hall–Kier alpha value is -2.89. The second-order valence-electron chi connectivity index (χ2n) is 6.47. The normalized spacial score (nSPS) is 15.1. The lowest BCUT2D eigenvalue weighted by molar-refractivity contribution is 0.625. The molecular weight excluding hydrogens is 317 g/mol. The van der Waals surface area contributed by atoms with Crippen molar-refractivity contribution < 1.29 is 4.39 Å². The van der Waals surface area contributed by atoms with Gasteiger partial charge in [0.15, 0.2) is 5.82 Å². The molecule has 6 heteroatoms. The summed E-state index contributed by atoms with van der Waals surface area (Å²) in [4.78, 5) is 6.48. The Morgan fingerprint density at radius 3 is 2.60 bits per heavy atom. The van der Waals surface area contributed by atoms with E-state index in [-0.39, 0.29) is 11.9 Å². The van der Waals surface area contributed by atoms with Gasteiger partial charge in [0.1, 0.15) is 17.5 Å². The maximum Gasteiger partial charge on any atom is 0.156 e. The molecule has 4 rings (SSSR count). The number of rotatable bonds is 5. The molecule has 1 aliphatic rings. The number of aromatic amines is 1. The summed E-state index contributed by atoms with van der Waals surface area (Å²) in [6.45, 7) is 2.05. The van der Waals surface area contributed by atoms with Gasteiger partial charge in [-0.15, -0.1) is 0 Å². The molecule has 1 fully saturated rings. The van der Waals surface area contributed by atoms with Crippen LogP contribution >= 0.6 is 0 Å². The van der Waals surface area contributed by atoms with Crippen molar-refractivity contribution in [1.29, 1.82) is 0 Å². The van der Waals surface area contributed by atoms with Crippen LogP contribution in [0.5, 0.6) is 0 Å². The number of benzene rings is 1. The van der Waals surface area contributed by atoms with Gasteiger partial charge >= 0.3 is 0 Å². The molecule has 1 atom stereocenters. The van der Waals surface area contributed by atoms with Crippen LogP contribution in [0.15, 0.2) is 48.5 Å². The van der Waals surface area contributed by atoms with Crippen LogP contribution in [-0.4, -0.2) is 15.2 Å². The molecule has 3 aromatic rings. The minimum Gasteiger partial charge on any atom is -0.384 e. The monoisotopic (exact) mass is 337 g/mol. The minimum atomic E-state index is -0.250. The summed E-state index contributed by atoms with van der Waals surface area (Å²) in [5, 5.41) is 7.63. The van der Waals surface area contributed by atoms with Crippen LogP contribution in [-0.2, 0) is 0 Å². The average Bonchev–Trinajstić information content (AvgIpc) is 3.35. The quantitative estimate of drug-likeness (QED) is 0.728. The van der Waals surface area contributed by atoms with E-state index >= 15 is 0 Å². The van der Waals surface area contributed by atoms with Gasteiger partial charge in [0.05, 0.1) is 6.04 Å². The van der Waals surface area contributed by atoms with Crippen molar-refractivity contribution in [3.63, 3.8) is 0 Å². The van der Waals surface area contributed by atoms with Crippen molar-refractivity contribution >= 4 is 17.5 Å². The first-order valence-electron chi connectivity index (χ1n) is 8.44. The molecule has 1 aliphatic carbocycles. The zero-order valence-corrected chi connectivity index (χ0v) is 14.0. The molecule has 0 saturated heterocycles. The van der Waals surface area contributed by atoms with E-state index in [9.17, 15) is 4.39 Å². The Kier molecular flexibility index (Phi) is 3.87. The number of pyridine rings is 1. The molecule has 2 heterocycles. The fraction of sp³-hybridized carbons (Fsp3) is 0.263. The van der Waals surface area contributed by atoms with Gasteiger partial charge in [-0.05, 0) is 49.6 Å². The van der Waals surface area contributed by atoms with E-state index in [2.05, 4.69) is 21.2 Å². The average molecular weight is 337 g/mol. The minimum absolute atomic E-state index is 0.0785. The smallest absolute Gasteiger partial charge is 0.156 e. The summed E-state index contributed by atoms with van der Waals surface area (Å²) < 4.78 is 13.3. The molecule has 0 bridgehead atoms. The van der Waals surface area contributed by atoms with E-state index in [0.29, 0.717) is 17.6 Å². The predicted molar refractivity (Wildman–Crippen MR) is 96.2 cm³/mol. The van der Waals surface area contributed by atoms with Gasteiger partial charge in [-0.25, -0.2) is 9.37 Å². The number of nitrogens with two attached hydrogens (primary N) is 1. The van der Waals surface area contributed by atoms with E-state index in [1.54, 1.807) is 18.2 Å². The molecule has 2 aromatic heterocycles. The fourth-order valence-corrected chi connectivity index (χ4v) is 3.03. The molecule has 0 aliphatic heterocycles. The first-order chi connectivity index (χ1) is 12.1. The molecule has 1 aromatic carbocycles. The van der Waals surface area contributed by atoms with Crippen LogP contribution in [0.4, 0.5) is 21.8 Å². The third kappa shape index (κ3) is 3.20. The third-order valence-corrected chi connectivity index (χ3v) is 4.59. The molecule has 1 saturated carbocycles. The van der Waals surface area contributed by atoms with Gasteiger partial charge in [-0.3, -0.25) is 5.10 Å². The van der Waals surface area contributed by atoms with E-state index < -0.39 is 0 Å². The first kappa shape index (κ1) is 15.6. The second-order valence-corrected chi connectivity index (χ2v) is 6.47. The summed E-state index contributed by atoms with van der Waals surface area (Å²) >= 11 is 0. The van der Waals surface area contributed by atoms with Crippen LogP contribution in [0.25, 0.3) is 0 Å². The summed E-state index contributed by atoms with van der Waals surface area (Å²) in [5.74, 6) is 2.28. The highest BCUT2D eigenvalue weighted by Gasteiger charge is 2.28. The van der Waals surface area contributed by atoms with Crippen LogP contribution in [0, 0.1) is 5.82 Å². The lowest BCUT2D eigenvalue weighted by Crippen LogP contribution is -2.23. The largest absolute Gasteiger partial charge is 0.384 e. The lowest BCUT2D eigenvalue weighted by Gasteiger charge is -2.28. The maximum absolute atomic E-state index is 13.3. The Labute approximate surface area is 145 Å². The van der Waals surface area contributed by atoms with Crippen molar-refractivity contribution in [3.8, 4) is 0 Å². The van der Waals surface area contributed by atoms with Crippen LogP contribution in [0.1, 0.15) is 43.0 Å². The highest BCUT2D eigenvalue weighted by atomic mass is 19.1. The number of aromatic nitrogens is 3. The Bertz CT molecular complexity index is 870. The highest BCUT2D eigenvalue weighted by molar-refractivity contribution is 5.60. The summed E-state index contributed by atoms with van der Waals surface area (Å²) in [5.41, 5.74) is 8.00. The van der Waals surface area contributed by atoms with Crippen molar-refractivity contribution in [2.75, 3.05) is 10.6 Å². The van der Waals surface area contributed by atoms with Crippen molar-refractivity contribution in [2.45, 2.75) is 31.7 Å². The number of hydrogen-bond acceptors (Lipinski definition) is 4. The van der Waals surface area contributed by atoms with Crippen LogP contribution < -0.4 is 10.6 Å². The molecule has 128 valence electrons. The Morgan fingerprint density at radius 1 is 1.16 bits per heavy atom. The number of nitrogens with zero attached hydrogens (tertiary/aromatic N) is 3. The van der Waals surface area contributed by atoms with Crippen molar-refractivity contribution in [2.24, 2.45) is 0 Å². The van der Waals surface area contributed by atoms with Gasteiger partial charge in [0, 0.05) is 17.7 Å². The predicted octanol–water partition coefficient (Wildman–Crippen LogP) is 4.30. The lowest BCUT2D eigenvalue weighted by atomic mass is 10.1. The maximum atomic E-state index is 13.3. The zero-order chi connectivity index (χ0) is 17.4. The third-order valence-electron chi connectivity index (χ3n) is 4.59. The Balaban J connectivity index is 1.75. The van der Waals surface area contributed by atoms with Gasteiger partial charge in [0.2, 0.25) is 0 Å². The highest BCUT2D eigenvalue weighted by Crippen LogP contribution is 2.41. The summed E-state index contributed by atoms with van der Waals surface area (Å²) in [6, 6.07) is 14.0. The number of nitrogen functional groups attached to an aromatic ring is 1.